The molecule has 0 bridgehead atoms. The average Bonchev–Trinajstić information content (AvgIpc) is 2.47. The van der Waals surface area contributed by atoms with Gasteiger partial charge in [0, 0.05) is 12.0 Å². The van der Waals surface area contributed by atoms with Crippen molar-refractivity contribution in [1.82, 2.24) is 0 Å². The van der Waals surface area contributed by atoms with Crippen LogP contribution >= 0.6 is 0 Å². The van der Waals surface area contributed by atoms with Gasteiger partial charge in [0.25, 0.3) is 0 Å². The highest BCUT2D eigenvalue weighted by Gasteiger charge is 2.47. The van der Waals surface area contributed by atoms with Crippen molar-refractivity contribution in [3.8, 4) is 0 Å². The Balaban J connectivity index is 5.31. The van der Waals surface area contributed by atoms with Crippen LogP contribution in [-0.4, -0.2) is 63.5 Å². The fourth-order valence-electron chi connectivity index (χ4n) is 3.14. The van der Waals surface area contributed by atoms with Crippen molar-refractivity contribution < 1.29 is 27.6 Å². The summed E-state index contributed by atoms with van der Waals surface area (Å²) in [6, 6.07) is 0. The van der Waals surface area contributed by atoms with Gasteiger partial charge in [-0.3, -0.25) is 0 Å². The van der Waals surface area contributed by atoms with E-state index in [0.717, 1.165) is 6.42 Å². The molecule has 0 saturated carbocycles. The van der Waals surface area contributed by atoms with Crippen LogP contribution < -0.4 is 0 Å². The van der Waals surface area contributed by atoms with Crippen molar-refractivity contribution in [3.05, 3.63) is 12.2 Å². The Labute approximate surface area is 177 Å². The molecule has 3 atom stereocenters. The fraction of sp³-hybridized carbons (Fsp3) is 0.833. The average molecular weight is 467 g/mol. The van der Waals surface area contributed by atoms with Crippen LogP contribution in [0.2, 0.25) is 52.4 Å². The van der Waals surface area contributed by atoms with Crippen molar-refractivity contribution >= 4 is 40.7 Å². The van der Waals surface area contributed by atoms with Crippen molar-refractivity contribution in [3.63, 3.8) is 0 Å². The van der Waals surface area contributed by atoms with E-state index in [1.165, 1.54) is 0 Å². The van der Waals surface area contributed by atoms with E-state index in [1.54, 1.807) is 6.92 Å². The van der Waals surface area contributed by atoms with E-state index in [1.807, 2.05) is 0 Å². The van der Waals surface area contributed by atoms with Crippen molar-refractivity contribution in [2.45, 2.75) is 90.2 Å². The van der Waals surface area contributed by atoms with E-state index in [4.69, 9.17) is 17.7 Å². The minimum Gasteiger partial charge on any atom is -0.456 e. The monoisotopic (exact) mass is 466 g/mol. The highest BCUT2D eigenvalue weighted by molar-refractivity contribution is 6.86. The first kappa shape index (κ1) is 27.9. The Hall–Kier alpha value is -0.0825. The molecule has 28 heavy (non-hydrogen) atoms. The van der Waals surface area contributed by atoms with E-state index < -0.39 is 47.0 Å². The maximum absolute atomic E-state index is 11.6. The first-order chi connectivity index (χ1) is 12.5. The van der Waals surface area contributed by atoms with Crippen molar-refractivity contribution in [1.29, 1.82) is 0 Å². The molecule has 0 fully saturated rings. The smallest absolute Gasteiger partial charge is 0.335 e. The van der Waals surface area contributed by atoms with Crippen LogP contribution in [0.4, 0.5) is 0 Å². The quantitative estimate of drug-likeness (QED) is 0.194. The van der Waals surface area contributed by atoms with Gasteiger partial charge < -0.3 is 22.8 Å². The van der Waals surface area contributed by atoms with Gasteiger partial charge in [0.2, 0.25) is 6.29 Å². The molecule has 10 heteroatoms. The molecule has 0 amide bonds. The number of hydrogen-bond acceptors (Lipinski definition) is 6. The molecular formula is C18H42O6Si4. The minimum absolute atomic E-state index is 0.211. The Morgan fingerprint density at radius 1 is 1.07 bits per heavy atom. The van der Waals surface area contributed by atoms with Gasteiger partial charge in [-0.2, -0.15) is 0 Å². The lowest BCUT2D eigenvalue weighted by Gasteiger charge is -2.45. The summed E-state index contributed by atoms with van der Waals surface area (Å²) in [5.41, 5.74) is 0.261. The predicted octanol–water partition coefficient (Wildman–Crippen LogP) is 3.47. The highest BCUT2D eigenvalue weighted by Crippen LogP contribution is 2.29. The third-order valence-electron chi connectivity index (χ3n) is 4.32. The topological polar surface area (TPSA) is 74.2 Å². The number of hydrogen-bond donors (Lipinski definition) is 1. The van der Waals surface area contributed by atoms with Crippen LogP contribution in [0, 0.1) is 0 Å². The van der Waals surface area contributed by atoms with E-state index in [-0.39, 0.29) is 23.4 Å². The summed E-state index contributed by atoms with van der Waals surface area (Å²) in [4.78, 5) is 11.2. The zero-order valence-electron chi connectivity index (χ0n) is 19.5. The number of carbonyl (C=O) groups excluding carboxylic acids is 1. The molecule has 0 aromatic carbocycles. The van der Waals surface area contributed by atoms with Gasteiger partial charge >= 0.3 is 5.97 Å². The molecule has 0 heterocycles. The van der Waals surface area contributed by atoms with E-state index >= 15 is 0 Å². The molecular weight excluding hydrogens is 425 g/mol. The van der Waals surface area contributed by atoms with Crippen molar-refractivity contribution in [2.75, 3.05) is 6.61 Å². The molecule has 0 rings (SSSR count). The Morgan fingerprint density at radius 3 is 1.82 bits per heavy atom. The van der Waals surface area contributed by atoms with Gasteiger partial charge in [0.1, 0.15) is 0 Å². The molecule has 0 spiro atoms. The summed E-state index contributed by atoms with van der Waals surface area (Å²) in [5, 5.41) is 10.00. The number of ether oxygens (including phenoxy) is 2. The second kappa shape index (κ2) is 11.3. The minimum atomic E-state index is -1.74. The molecule has 6 nitrogen and oxygen atoms in total. The Morgan fingerprint density at radius 2 is 1.50 bits per heavy atom. The predicted molar refractivity (Wildman–Crippen MR) is 125 cm³/mol. The van der Waals surface area contributed by atoms with Gasteiger partial charge in [0.05, 0.1) is 11.5 Å². The number of carbonyl (C=O) groups is 1. The molecule has 0 saturated heterocycles. The molecule has 0 radical (unpaired) electrons. The van der Waals surface area contributed by atoms with Gasteiger partial charge in [0.15, 0.2) is 34.7 Å². The van der Waals surface area contributed by atoms with E-state index in [0.29, 0.717) is 0 Å². The van der Waals surface area contributed by atoms with Crippen LogP contribution in [0.15, 0.2) is 12.2 Å². The molecule has 0 aliphatic rings. The standard InChI is InChI=1S/C18H42O6Si4/c1-12-18(25(4)23-27(6,7)8,26(5)24-28(9,10)11)21-14-13-16(19)22-17(20)15(2)3/h16,19,25-26H,2,12-14H2,1,3-11H3. The molecule has 0 aliphatic heterocycles. The molecule has 0 aliphatic carbocycles. The summed E-state index contributed by atoms with van der Waals surface area (Å²) in [5.74, 6) is -0.594. The van der Waals surface area contributed by atoms with Crippen LogP contribution in [-0.2, 0) is 22.5 Å². The fourth-order valence-corrected chi connectivity index (χ4v) is 18.9. The SMILES string of the molecule is C=C(C)C(=O)OC(O)CCOC(CC)([SiH](C)O[Si](C)(C)C)[SiH](C)O[Si](C)(C)C. The summed E-state index contributed by atoms with van der Waals surface area (Å²) in [6.07, 6.45) is -0.170. The second-order valence-electron chi connectivity index (χ2n) is 9.33. The second-order valence-corrected chi connectivity index (χ2v) is 24.9. The lowest BCUT2D eigenvalue weighted by atomic mass is 10.3. The number of aliphatic hydroxyl groups is 1. The van der Waals surface area contributed by atoms with E-state index in [2.05, 4.69) is 65.9 Å². The molecule has 0 aromatic heterocycles. The summed E-state index contributed by atoms with van der Waals surface area (Å²) < 4.78 is 24.5. The summed E-state index contributed by atoms with van der Waals surface area (Å²) >= 11 is 0. The zero-order chi connectivity index (χ0) is 22.3. The van der Waals surface area contributed by atoms with Crippen LogP contribution in [0.1, 0.15) is 26.7 Å². The lowest BCUT2D eigenvalue weighted by molar-refractivity contribution is -0.166. The molecule has 1 N–H and O–H groups in total. The first-order valence-electron chi connectivity index (χ1n) is 10.1. The van der Waals surface area contributed by atoms with Gasteiger partial charge in [-0.25, -0.2) is 4.79 Å². The Bertz CT molecular complexity index is 493. The number of rotatable bonds is 13. The van der Waals surface area contributed by atoms with Crippen molar-refractivity contribution in [2.24, 2.45) is 0 Å². The first-order valence-corrected chi connectivity index (χ1v) is 21.3. The Kier molecular flexibility index (Phi) is 11.3. The van der Waals surface area contributed by atoms with Gasteiger partial charge in [-0.1, -0.05) is 13.5 Å². The normalized spacial score (nSPS) is 18.1. The summed E-state index contributed by atoms with van der Waals surface area (Å²) in [7, 11) is -6.91. The lowest BCUT2D eigenvalue weighted by Crippen LogP contribution is -2.63. The summed E-state index contributed by atoms with van der Waals surface area (Å²) in [6.45, 7) is 25.1. The zero-order valence-corrected chi connectivity index (χ0v) is 23.9. The molecule has 0 aromatic rings. The highest BCUT2D eigenvalue weighted by atomic mass is 28.4. The number of aliphatic hydroxyl groups excluding tert-OH is 1. The van der Waals surface area contributed by atoms with Gasteiger partial charge in [-0.05, 0) is 65.7 Å². The van der Waals surface area contributed by atoms with Gasteiger partial charge in [-0.15, -0.1) is 0 Å². The third kappa shape index (κ3) is 10.1. The molecule has 166 valence electrons. The van der Waals surface area contributed by atoms with Crippen LogP contribution in [0.5, 0.6) is 0 Å². The maximum Gasteiger partial charge on any atom is 0.335 e. The van der Waals surface area contributed by atoms with Crippen LogP contribution in [0.3, 0.4) is 0 Å². The maximum atomic E-state index is 11.6. The third-order valence-corrected chi connectivity index (χ3v) is 19.5. The number of esters is 1. The van der Waals surface area contributed by atoms with Crippen LogP contribution in [0.25, 0.3) is 0 Å². The molecule has 3 unspecified atom stereocenters. The van der Waals surface area contributed by atoms with E-state index in [9.17, 15) is 9.90 Å². The largest absolute Gasteiger partial charge is 0.456 e.